The van der Waals surface area contributed by atoms with E-state index in [1.165, 1.54) is 0 Å². The lowest BCUT2D eigenvalue weighted by Gasteiger charge is -2.09. The van der Waals surface area contributed by atoms with Gasteiger partial charge in [0, 0.05) is 12.7 Å². The molecule has 6 nitrogen and oxygen atoms in total. The predicted molar refractivity (Wildman–Crippen MR) is 50.3 cm³/mol. The van der Waals surface area contributed by atoms with E-state index < -0.39 is 28.5 Å². The molecule has 0 bridgehead atoms. The van der Waals surface area contributed by atoms with Crippen LogP contribution in [0.15, 0.2) is 6.20 Å². The van der Waals surface area contributed by atoms with Gasteiger partial charge in [-0.15, -0.1) is 0 Å². The van der Waals surface area contributed by atoms with Crippen LogP contribution in [0, 0.1) is 10.1 Å². The Bertz CT molecular complexity index is 412. The van der Waals surface area contributed by atoms with Crippen molar-refractivity contribution >= 4 is 5.69 Å². The Balaban J connectivity index is 3.49. The molecule has 0 spiro atoms. The lowest BCUT2D eigenvalue weighted by atomic mass is 10.2. The number of nitrogens with zero attached hydrogens (tertiary/aromatic N) is 2. The fraction of sp³-hybridized carbons (Fsp3) is 0.375. The van der Waals surface area contributed by atoms with Gasteiger partial charge in [0.15, 0.2) is 5.69 Å². The largest absolute Gasteiger partial charge is 0.489 e. The van der Waals surface area contributed by atoms with Gasteiger partial charge in [0.2, 0.25) is 5.75 Å². The number of hydrogen-bond donors (Lipinski definition) is 1. The van der Waals surface area contributed by atoms with Crippen molar-refractivity contribution in [2.45, 2.75) is 13.0 Å². The van der Waals surface area contributed by atoms with Crippen LogP contribution in [-0.4, -0.2) is 17.0 Å². The van der Waals surface area contributed by atoms with Crippen LogP contribution >= 0.6 is 0 Å². The molecule has 0 unspecified atom stereocenters. The Kier molecular flexibility index (Phi) is 3.67. The number of methoxy groups -OCH3 is 1. The van der Waals surface area contributed by atoms with Gasteiger partial charge in [0.05, 0.1) is 17.6 Å². The molecule has 1 aromatic heterocycles. The molecule has 0 fully saturated rings. The molecule has 0 aliphatic heterocycles. The lowest BCUT2D eigenvalue weighted by Crippen LogP contribution is -2.08. The van der Waals surface area contributed by atoms with E-state index in [2.05, 4.69) is 9.72 Å². The minimum atomic E-state index is -2.94. The summed E-state index contributed by atoms with van der Waals surface area (Å²) < 4.78 is 29.6. The van der Waals surface area contributed by atoms with Gasteiger partial charge in [-0.25, -0.2) is 8.78 Å². The summed E-state index contributed by atoms with van der Waals surface area (Å²) in [6.45, 7) is -0.177. The van der Waals surface area contributed by atoms with E-state index >= 15 is 0 Å². The number of pyridine rings is 1. The maximum absolute atomic E-state index is 12.5. The first-order chi connectivity index (χ1) is 7.52. The van der Waals surface area contributed by atoms with Gasteiger partial charge in [-0.1, -0.05) is 0 Å². The molecule has 1 aromatic rings. The third-order valence-corrected chi connectivity index (χ3v) is 1.92. The van der Waals surface area contributed by atoms with Crippen LogP contribution in [0.1, 0.15) is 17.7 Å². The molecule has 88 valence electrons. The molecule has 8 heteroatoms. The van der Waals surface area contributed by atoms with E-state index in [0.717, 1.165) is 13.3 Å². The second-order valence-corrected chi connectivity index (χ2v) is 2.81. The molecule has 2 N–H and O–H groups in total. The summed E-state index contributed by atoms with van der Waals surface area (Å²) in [5.41, 5.74) is 3.98. The molecule has 0 aromatic carbocycles. The summed E-state index contributed by atoms with van der Waals surface area (Å²) in [6, 6.07) is 0. The highest BCUT2D eigenvalue weighted by Crippen LogP contribution is 2.37. The maximum atomic E-state index is 12.5. The van der Waals surface area contributed by atoms with Crippen LogP contribution in [-0.2, 0) is 6.54 Å². The fourth-order valence-electron chi connectivity index (χ4n) is 1.24. The van der Waals surface area contributed by atoms with Crippen molar-refractivity contribution in [3.63, 3.8) is 0 Å². The van der Waals surface area contributed by atoms with Gasteiger partial charge in [0.1, 0.15) is 0 Å². The molecule has 0 saturated heterocycles. The number of ether oxygens (including phenoxy) is 1. The van der Waals surface area contributed by atoms with E-state index in [9.17, 15) is 18.9 Å². The normalized spacial score (nSPS) is 10.6. The summed E-state index contributed by atoms with van der Waals surface area (Å²) in [4.78, 5) is 13.3. The predicted octanol–water partition coefficient (Wildman–Crippen LogP) is 1.39. The summed E-state index contributed by atoms with van der Waals surface area (Å²) >= 11 is 0. The van der Waals surface area contributed by atoms with Gasteiger partial charge in [-0.3, -0.25) is 15.1 Å². The monoisotopic (exact) mass is 233 g/mol. The molecule has 0 radical (unpaired) electrons. The van der Waals surface area contributed by atoms with Gasteiger partial charge in [0.25, 0.3) is 6.43 Å². The first-order valence-corrected chi connectivity index (χ1v) is 4.21. The molecule has 0 aliphatic rings. The molecule has 0 aliphatic carbocycles. The summed E-state index contributed by atoms with van der Waals surface area (Å²) in [5, 5.41) is 10.7. The summed E-state index contributed by atoms with van der Waals surface area (Å²) in [5.74, 6) is -0.539. The first kappa shape index (κ1) is 12.2. The van der Waals surface area contributed by atoms with Crippen molar-refractivity contribution in [2.75, 3.05) is 7.11 Å². The van der Waals surface area contributed by atoms with E-state index in [0.29, 0.717) is 0 Å². The number of nitro groups is 1. The second kappa shape index (κ2) is 4.79. The highest BCUT2D eigenvalue weighted by Gasteiger charge is 2.28. The zero-order valence-electron chi connectivity index (χ0n) is 8.31. The highest BCUT2D eigenvalue weighted by molar-refractivity contribution is 5.54. The number of rotatable bonds is 4. The van der Waals surface area contributed by atoms with Crippen LogP contribution in [0.5, 0.6) is 5.75 Å². The quantitative estimate of drug-likeness (QED) is 0.626. The first-order valence-electron chi connectivity index (χ1n) is 4.21. The molecule has 16 heavy (non-hydrogen) atoms. The van der Waals surface area contributed by atoms with Crippen molar-refractivity contribution in [3.05, 3.63) is 27.6 Å². The molecule has 0 atom stereocenters. The number of alkyl halides is 2. The number of hydrogen-bond acceptors (Lipinski definition) is 5. The topological polar surface area (TPSA) is 91.3 Å². The van der Waals surface area contributed by atoms with E-state index in [-0.39, 0.29) is 12.1 Å². The number of aromatic nitrogens is 1. The number of nitrogens with two attached hydrogens (primary N) is 1. The van der Waals surface area contributed by atoms with Crippen molar-refractivity contribution in [1.82, 2.24) is 4.98 Å². The third-order valence-electron chi connectivity index (χ3n) is 1.92. The Hall–Kier alpha value is -1.83. The van der Waals surface area contributed by atoms with Crippen molar-refractivity contribution in [2.24, 2.45) is 5.73 Å². The minimum absolute atomic E-state index is 0.0475. The molecular formula is C8H9F2N3O3. The molecular weight excluding hydrogens is 224 g/mol. The van der Waals surface area contributed by atoms with E-state index in [1.54, 1.807) is 0 Å². The fourth-order valence-corrected chi connectivity index (χ4v) is 1.24. The van der Waals surface area contributed by atoms with Crippen LogP contribution < -0.4 is 10.5 Å². The van der Waals surface area contributed by atoms with Gasteiger partial charge >= 0.3 is 5.69 Å². The van der Waals surface area contributed by atoms with E-state index in [4.69, 9.17) is 5.73 Å². The van der Waals surface area contributed by atoms with Crippen molar-refractivity contribution < 1.29 is 18.4 Å². The third kappa shape index (κ3) is 2.06. The minimum Gasteiger partial charge on any atom is -0.489 e. The standard InChI is InChI=1S/C8H9F2N3O3/c1-16-7-5(8(9)10)12-3-4(2-11)6(7)13(14)15/h3,8H,2,11H2,1H3. The number of halogens is 2. The van der Waals surface area contributed by atoms with Crippen molar-refractivity contribution in [3.8, 4) is 5.75 Å². The molecule has 1 heterocycles. The maximum Gasteiger partial charge on any atom is 0.319 e. The molecule has 0 saturated carbocycles. The van der Waals surface area contributed by atoms with Crippen LogP contribution in [0.3, 0.4) is 0 Å². The summed E-state index contributed by atoms with van der Waals surface area (Å²) in [6.07, 6.45) is -1.98. The Morgan fingerprint density at radius 3 is 2.69 bits per heavy atom. The molecule has 1 rings (SSSR count). The average Bonchev–Trinajstić information content (AvgIpc) is 2.26. The zero-order valence-corrected chi connectivity index (χ0v) is 8.31. The zero-order chi connectivity index (χ0) is 12.3. The van der Waals surface area contributed by atoms with Gasteiger partial charge in [-0.2, -0.15) is 0 Å². The van der Waals surface area contributed by atoms with E-state index in [1.807, 2.05) is 0 Å². The van der Waals surface area contributed by atoms with Crippen LogP contribution in [0.2, 0.25) is 0 Å². The summed E-state index contributed by atoms with van der Waals surface area (Å²) in [7, 11) is 1.07. The lowest BCUT2D eigenvalue weighted by molar-refractivity contribution is -0.386. The SMILES string of the molecule is COc1c(C(F)F)ncc(CN)c1[N+](=O)[O-]. The van der Waals surface area contributed by atoms with Crippen LogP contribution in [0.4, 0.5) is 14.5 Å². The Labute approximate surface area is 89.2 Å². The smallest absolute Gasteiger partial charge is 0.319 e. The highest BCUT2D eigenvalue weighted by atomic mass is 19.3. The van der Waals surface area contributed by atoms with Gasteiger partial charge < -0.3 is 10.5 Å². The van der Waals surface area contributed by atoms with Gasteiger partial charge in [-0.05, 0) is 0 Å². The van der Waals surface area contributed by atoms with Crippen molar-refractivity contribution in [1.29, 1.82) is 0 Å². The average molecular weight is 233 g/mol. The second-order valence-electron chi connectivity index (χ2n) is 2.81. The Morgan fingerprint density at radius 2 is 2.31 bits per heavy atom. The van der Waals surface area contributed by atoms with Crippen LogP contribution in [0.25, 0.3) is 0 Å². The Morgan fingerprint density at radius 1 is 1.69 bits per heavy atom. The molecule has 0 amide bonds.